The van der Waals surface area contributed by atoms with Crippen LogP contribution in [0.2, 0.25) is 9.36 Å². The van der Waals surface area contributed by atoms with Crippen LogP contribution in [0.4, 0.5) is 0 Å². The Morgan fingerprint density at radius 3 is 2.65 bits per heavy atom. The lowest BCUT2D eigenvalue weighted by Gasteiger charge is -2.16. The van der Waals surface area contributed by atoms with Crippen LogP contribution in [-0.2, 0) is 6.42 Å². The van der Waals surface area contributed by atoms with Crippen molar-refractivity contribution < 1.29 is 0 Å². The van der Waals surface area contributed by atoms with Gasteiger partial charge in [0.05, 0.1) is 9.36 Å². The van der Waals surface area contributed by atoms with Crippen LogP contribution in [0.25, 0.3) is 0 Å². The maximum atomic E-state index is 6.19. The second kappa shape index (κ2) is 6.21. The summed E-state index contributed by atoms with van der Waals surface area (Å²) in [5.74, 6) is 0. The van der Waals surface area contributed by atoms with E-state index in [-0.39, 0.29) is 6.04 Å². The third-order valence-electron chi connectivity index (χ3n) is 2.45. The Kier molecular flexibility index (Phi) is 4.88. The number of hydrogen-bond donors (Lipinski definition) is 1. The van der Waals surface area contributed by atoms with E-state index in [0.29, 0.717) is 0 Å². The molecule has 92 valence electrons. The lowest BCUT2D eigenvalue weighted by Crippen LogP contribution is -2.21. The molecule has 0 aliphatic carbocycles. The molecule has 0 spiro atoms. The van der Waals surface area contributed by atoms with E-state index in [1.165, 1.54) is 9.75 Å². The molecule has 2 rings (SSSR count). The average Bonchev–Trinajstić information content (AvgIpc) is 2.87. The molecule has 0 aliphatic heterocycles. The van der Waals surface area contributed by atoms with E-state index in [4.69, 9.17) is 23.2 Å². The Bertz CT molecular complexity index is 478. The number of hydrogen-bond acceptors (Lipinski definition) is 3. The van der Waals surface area contributed by atoms with E-state index in [9.17, 15) is 0 Å². The van der Waals surface area contributed by atoms with E-state index in [1.807, 2.05) is 17.5 Å². The quantitative estimate of drug-likeness (QED) is 0.819. The van der Waals surface area contributed by atoms with Crippen molar-refractivity contribution in [2.75, 3.05) is 6.54 Å². The minimum Gasteiger partial charge on any atom is -0.309 e. The molecule has 0 amide bonds. The summed E-state index contributed by atoms with van der Waals surface area (Å²) in [7, 11) is 0. The molecule has 0 bridgehead atoms. The zero-order valence-electron chi connectivity index (χ0n) is 9.37. The predicted molar refractivity (Wildman–Crippen MR) is 78.8 cm³/mol. The summed E-state index contributed by atoms with van der Waals surface area (Å²) >= 11 is 15.5. The summed E-state index contributed by atoms with van der Waals surface area (Å²) in [5.41, 5.74) is 0. The first-order valence-electron chi connectivity index (χ1n) is 5.41. The number of thiophene rings is 2. The van der Waals surface area contributed by atoms with Crippen LogP contribution in [0.15, 0.2) is 23.6 Å². The van der Waals surface area contributed by atoms with Gasteiger partial charge in [0.2, 0.25) is 0 Å². The Balaban J connectivity index is 2.15. The summed E-state index contributed by atoms with van der Waals surface area (Å²) in [5, 5.41) is 6.35. The third-order valence-corrected chi connectivity index (χ3v) is 5.17. The van der Waals surface area contributed by atoms with Crippen molar-refractivity contribution in [3.8, 4) is 0 Å². The Hall–Kier alpha value is -0.0600. The molecule has 1 unspecified atom stereocenters. The molecule has 5 heteroatoms. The standard InChI is InChI=1S/C12H13Cl2NS2/c1-2-15-10(12-9(13)5-6-16-12)7-8-3-4-11(14)17-8/h3-6,10,15H,2,7H2,1H3. The number of likely N-dealkylation sites (N-methyl/N-ethyl adjacent to an activating group) is 1. The molecule has 0 aromatic carbocycles. The van der Waals surface area contributed by atoms with Gasteiger partial charge in [0.25, 0.3) is 0 Å². The summed E-state index contributed by atoms with van der Waals surface area (Å²) < 4.78 is 0.840. The molecule has 17 heavy (non-hydrogen) atoms. The van der Waals surface area contributed by atoms with Gasteiger partial charge in [-0.05, 0) is 30.1 Å². The number of nitrogens with one attached hydrogen (secondary N) is 1. The maximum Gasteiger partial charge on any atom is 0.0931 e. The Labute approximate surface area is 119 Å². The van der Waals surface area contributed by atoms with Crippen molar-refractivity contribution in [1.82, 2.24) is 5.32 Å². The molecule has 2 aromatic rings. The SMILES string of the molecule is CCNC(Cc1ccc(Cl)s1)c1sccc1Cl. The predicted octanol–water partition coefficient (Wildman–Crippen LogP) is 5.01. The molecular formula is C12H13Cl2NS2. The molecule has 1 nitrogen and oxygen atoms in total. The second-order valence-electron chi connectivity index (χ2n) is 3.65. The fourth-order valence-electron chi connectivity index (χ4n) is 1.72. The van der Waals surface area contributed by atoms with E-state index in [2.05, 4.69) is 18.3 Å². The van der Waals surface area contributed by atoms with Crippen LogP contribution in [0.1, 0.15) is 22.7 Å². The van der Waals surface area contributed by atoms with Gasteiger partial charge in [-0.3, -0.25) is 0 Å². The smallest absolute Gasteiger partial charge is 0.0931 e. The lowest BCUT2D eigenvalue weighted by atomic mass is 10.1. The molecule has 1 N–H and O–H groups in total. The van der Waals surface area contributed by atoms with Crippen molar-refractivity contribution >= 4 is 45.9 Å². The second-order valence-corrected chi connectivity index (χ2v) is 6.81. The van der Waals surface area contributed by atoms with Crippen molar-refractivity contribution in [2.24, 2.45) is 0 Å². The summed E-state index contributed by atoms with van der Waals surface area (Å²) in [4.78, 5) is 2.49. The van der Waals surface area contributed by atoms with Gasteiger partial charge in [0.15, 0.2) is 0 Å². The van der Waals surface area contributed by atoms with Crippen LogP contribution in [0.5, 0.6) is 0 Å². The molecule has 0 saturated carbocycles. The Morgan fingerprint density at radius 1 is 1.29 bits per heavy atom. The van der Waals surface area contributed by atoms with E-state index in [0.717, 1.165) is 22.3 Å². The monoisotopic (exact) mass is 305 g/mol. The minimum absolute atomic E-state index is 0.280. The summed E-state index contributed by atoms with van der Waals surface area (Å²) in [6.45, 7) is 3.04. The highest BCUT2D eigenvalue weighted by molar-refractivity contribution is 7.16. The maximum absolute atomic E-state index is 6.19. The molecule has 0 aliphatic rings. The zero-order valence-corrected chi connectivity index (χ0v) is 12.5. The van der Waals surface area contributed by atoms with E-state index >= 15 is 0 Å². The van der Waals surface area contributed by atoms with Gasteiger partial charge in [-0.2, -0.15) is 0 Å². The van der Waals surface area contributed by atoms with Gasteiger partial charge in [-0.15, -0.1) is 22.7 Å². The fourth-order valence-corrected chi connectivity index (χ4v) is 4.12. The van der Waals surface area contributed by atoms with Crippen LogP contribution in [-0.4, -0.2) is 6.54 Å². The normalized spacial score (nSPS) is 12.9. The first-order valence-corrected chi connectivity index (χ1v) is 7.86. The number of rotatable bonds is 5. The molecule has 0 radical (unpaired) electrons. The third kappa shape index (κ3) is 3.46. The molecule has 0 fully saturated rings. The van der Waals surface area contributed by atoms with Gasteiger partial charge < -0.3 is 5.32 Å². The molecule has 2 heterocycles. The first-order chi connectivity index (χ1) is 8.20. The van der Waals surface area contributed by atoms with Crippen LogP contribution in [0, 0.1) is 0 Å². The summed E-state index contributed by atoms with van der Waals surface area (Å²) in [6, 6.07) is 6.26. The minimum atomic E-state index is 0.280. The van der Waals surface area contributed by atoms with Crippen molar-refractivity contribution in [2.45, 2.75) is 19.4 Å². The topological polar surface area (TPSA) is 12.0 Å². The molecule has 0 saturated heterocycles. The van der Waals surface area contributed by atoms with Crippen molar-refractivity contribution in [3.63, 3.8) is 0 Å². The zero-order chi connectivity index (χ0) is 12.3. The first kappa shape index (κ1) is 13.4. The lowest BCUT2D eigenvalue weighted by molar-refractivity contribution is 0.562. The van der Waals surface area contributed by atoms with Crippen LogP contribution in [0.3, 0.4) is 0 Å². The van der Waals surface area contributed by atoms with Crippen LogP contribution >= 0.6 is 45.9 Å². The molecular weight excluding hydrogens is 293 g/mol. The van der Waals surface area contributed by atoms with Gasteiger partial charge in [-0.25, -0.2) is 0 Å². The molecule has 2 aromatic heterocycles. The molecule has 1 atom stereocenters. The van der Waals surface area contributed by atoms with Crippen molar-refractivity contribution in [3.05, 3.63) is 42.7 Å². The summed E-state index contributed by atoms with van der Waals surface area (Å²) in [6.07, 6.45) is 0.936. The van der Waals surface area contributed by atoms with Crippen molar-refractivity contribution in [1.29, 1.82) is 0 Å². The highest BCUT2D eigenvalue weighted by Crippen LogP contribution is 2.33. The highest BCUT2D eigenvalue weighted by Gasteiger charge is 2.16. The van der Waals surface area contributed by atoms with E-state index in [1.54, 1.807) is 22.7 Å². The van der Waals surface area contributed by atoms with Gasteiger partial charge in [-0.1, -0.05) is 30.1 Å². The number of halogens is 2. The highest BCUT2D eigenvalue weighted by atomic mass is 35.5. The van der Waals surface area contributed by atoms with Gasteiger partial charge in [0, 0.05) is 22.2 Å². The largest absolute Gasteiger partial charge is 0.309 e. The van der Waals surface area contributed by atoms with Gasteiger partial charge in [0.1, 0.15) is 0 Å². The van der Waals surface area contributed by atoms with Gasteiger partial charge >= 0.3 is 0 Å². The van der Waals surface area contributed by atoms with Crippen LogP contribution < -0.4 is 5.32 Å². The average molecular weight is 306 g/mol. The fraction of sp³-hybridized carbons (Fsp3) is 0.333. The Morgan fingerprint density at radius 2 is 2.12 bits per heavy atom. The van der Waals surface area contributed by atoms with E-state index < -0.39 is 0 Å².